The molecule has 0 N–H and O–H groups in total. The van der Waals surface area contributed by atoms with Gasteiger partial charge in [0.05, 0.1) is 11.8 Å². The summed E-state index contributed by atoms with van der Waals surface area (Å²) in [5.74, 6) is 0.0168. The van der Waals surface area contributed by atoms with E-state index in [2.05, 4.69) is 0 Å². The molecular formula is C21H22ClNO4S. The third kappa shape index (κ3) is 4.56. The Bertz CT molecular complexity index is 996. The number of aryl methyl sites for hydroxylation is 1. The summed E-state index contributed by atoms with van der Waals surface area (Å²) in [5.41, 5.74) is 0.441. The maximum atomic E-state index is 13.5. The van der Waals surface area contributed by atoms with Gasteiger partial charge in [-0.05, 0) is 63.2 Å². The van der Waals surface area contributed by atoms with E-state index in [0.717, 1.165) is 5.56 Å². The summed E-state index contributed by atoms with van der Waals surface area (Å²) in [7, 11) is -3.33. The van der Waals surface area contributed by atoms with E-state index in [-0.39, 0.29) is 11.7 Å². The average molecular weight is 420 g/mol. The Morgan fingerprint density at radius 3 is 2.25 bits per heavy atom. The Balaban J connectivity index is 1.94. The molecule has 2 aromatic carbocycles. The highest BCUT2D eigenvalue weighted by molar-refractivity contribution is 7.94. The van der Waals surface area contributed by atoms with Crippen molar-refractivity contribution in [3.63, 3.8) is 0 Å². The number of rotatable bonds is 5. The molecule has 0 saturated carbocycles. The van der Waals surface area contributed by atoms with Gasteiger partial charge in [-0.25, -0.2) is 8.42 Å². The summed E-state index contributed by atoms with van der Waals surface area (Å²) in [4.78, 5) is 15.0. The summed E-state index contributed by atoms with van der Waals surface area (Å²) in [5, 5.41) is 1.73. The quantitative estimate of drug-likeness (QED) is 0.730. The van der Waals surface area contributed by atoms with Gasteiger partial charge in [-0.3, -0.25) is 4.79 Å². The van der Waals surface area contributed by atoms with Crippen LogP contribution in [0.1, 0.15) is 19.4 Å². The van der Waals surface area contributed by atoms with Crippen LogP contribution in [0.4, 0.5) is 5.69 Å². The number of carbonyl (C=O) groups is 1. The fourth-order valence-electron chi connectivity index (χ4n) is 3.02. The van der Waals surface area contributed by atoms with Crippen LogP contribution in [0.3, 0.4) is 0 Å². The zero-order valence-electron chi connectivity index (χ0n) is 15.9. The minimum Gasteiger partial charge on any atom is -0.478 e. The number of halogens is 1. The van der Waals surface area contributed by atoms with Crippen molar-refractivity contribution in [3.8, 4) is 5.75 Å². The van der Waals surface area contributed by atoms with Crippen LogP contribution in [0.25, 0.3) is 0 Å². The van der Waals surface area contributed by atoms with Gasteiger partial charge in [0.15, 0.2) is 15.4 Å². The SMILES string of the molecule is Cc1ccc(N(C(=O)C(C)(C)Oc2ccc(Cl)cc2)[C@@H]2C=CS(=O)(=O)C2)cc1. The molecule has 1 atom stereocenters. The number of ether oxygens (including phenoxy) is 1. The minimum atomic E-state index is -3.33. The van der Waals surface area contributed by atoms with Crippen molar-refractivity contribution in [2.45, 2.75) is 32.4 Å². The van der Waals surface area contributed by atoms with Crippen molar-refractivity contribution in [2.24, 2.45) is 0 Å². The molecule has 0 saturated heterocycles. The topological polar surface area (TPSA) is 63.7 Å². The van der Waals surface area contributed by atoms with E-state index in [4.69, 9.17) is 16.3 Å². The lowest BCUT2D eigenvalue weighted by atomic mass is 10.0. The smallest absolute Gasteiger partial charge is 0.271 e. The molecule has 2 aromatic rings. The number of sulfone groups is 1. The molecule has 3 rings (SSSR count). The lowest BCUT2D eigenvalue weighted by Gasteiger charge is -2.35. The molecule has 0 aromatic heterocycles. The molecule has 1 aliphatic rings. The van der Waals surface area contributed by atoms with Crippen LogP contribution in [0.5, 0.6) is 5.75 Å². The van der Waals surface area contributed by atoms with E-state index >= 15 is 0 Å². The molecule has 0 bridgehead atoms. The lowest BCUT2D eigenvalue weighted by Crippen LogP contribution is -2.53. The van der Waals surface area contributed by atoms with Crippen LogP contribution < -0.4 is 9.64 Å². The molecule has 5 nitrogen and oxygen atoms in total. The number of anilines is 1. The van der Waals surface area contributed by atoms with Crippen molar-refractivity contribution < 1.29 is 17.9 Å². The second-order valence-electron chi connectivity index (χ2n) is 7.30. The van der Waals surface area contributed by atoms with Gasteiger partial charge in [-0.15, -0.1) is 0 Å². The number of hydrogen-bond acceptors (Lipinski definition) is 4. The van der Waals surface area contributed by atoms with E-state index < -0.39 is 21.5 Å². The highest BCUT2D eigenvalue weighted by atomic mass is 35.5. The summed E-state index contributed by atoms with van der Waals surface area (Å²) in [6.45, 7) is 5.28. The van der Waals surface area contributed by atoms with Gasteiger partial charge in [0.1, 0.15) is 5.75 Å². The van der Waals surface area contributed by atoms with Gasteiger partial charge in [-0.2, -0.15) is 0 Å². The average Bonchev–Trinajstić information content (AvgIpc) is 2.98. The lowest BCUT2D eigenvalue weighted by molar-refractivity contribution is -0.131. The normalized spacial score (nSPS) is 18.1. The predicted molar refractivity (Wildman–Crippen MR) is 112 cm³/mol. The maximum absolute atomic E-state index is 13.5. The van der Waals surface area contributed by atoms with Crippen LogP contribution in [-0.4, -0.2) is 31.7 Å². The fraction of sp³-hybridized carbons (Fsp3) is 0.286. The zero-order valence-corrected chi connectivity index (χ0v) is 17.5. The summed E-state index contributed by atoms with van der Waals surface area (Å²) < 4.78 is 29.8. The van der Waals surface area contributed by atoms with Crippen LogP contribution in [0.15, 0.2) is 60.0 Å². The van der Waals surface area contributed by atoms with Crippen LogP contribution in [0, 0.1) is 6.92 Å². The molecular weight excluding hydrogens is 398 g/mol. The molecule has 0 radical (unpaired) electrons. The molecule has 0 spiro atoms. The van der Waals surface area contributed by atoms with E-state index in [0.29, 0.717) is 16.5 Å². The number of benzene rings is 2. The molecule has 1 amide bonds. The molecule has 0 unspecified atom stereocenters. The Labute approximate surface area is 170 Å². The Morgan fingerprint density at radius 1 is 1.11 bits per heavy atom. The number of carbonyl (C=O) groups excluding carboxylic acids is 1. The second kappa shape index (κ2) is 7.60. The van der Waals surface area contributed by atoms with E-state index in [1.54, 1.807) is 44.2 Å². The van der Waals surface area contributed by atoms with E-state index in [1.165, 1.54) is 10.3 Å². The molecule has 0 aliphatic carbocycles. The third-order valence-corrected chi connectivity index (χ3v) is 6.11. The highest BCUT2D eigenvalue weighted by Crippen LogP contribution is 2.29. The maximum Gasteiger partial charge on any atom is 0.271 e. The van der Waals surface area contributed by atoms with Crippen molar-refractivity contribution in [1.82, 2.24) is 0 Å². The van der Waals surface area contributed by atoms with Crippen molar-refractivity contribution in [2.75, 3.05) is 10.7 Å². The number of hydrogen-bond donors (Lipinski definition) is 0. The Hall–Kier alpha value is -2.31. The van der Waals surface area contributed by atoms with Gasteiger partial charge in [0.25, 0.3) is 5.91 Å². The van der Waals surface area contributed by atoms with Crippen LogP contribution >= 0.6 is 11.6 Å². The summed E-state index contributed by atoms with van der Waals surface area (Å²) in [6, 6.07) is 13.5. The molecule has 1 aliphatic heterocycles. The fourth-order valence-corrected chi connectivity index (χ4v) is 4.41. The zero-order chi connectivity index (χ0) is 20.5. The van der Waals surface area contributed by atoms with Crippen LogP contribution in [-0.2, 0) is 14.6 Å². The first kappa shape index (κ1) is 20.4. The van der Waals surface area contributed by atoms with Gasteiger partial charge in [-0.1, -0.05) is 29.3 Å². The van der Waals surface area contributed by atoms with Crippen molar-refractivity contribution in [1.29, 1.82) is 0 Å². The first-order valence-corrected chi connectivity index (χ1v) is 10.9. The number of nitrogens with zero attached hydrogens (tertiary/aromatic N) is 1. The summed E-state index contributed by atoms with van der Waals surface area (Å²) in [6.07, 6.45) is 1.55. The second-order valence-corrected chi connectivity index (χ2v) is 9.67. The van der Waals surface area contributed by atoms with Crippen LogP contribution in [0.2, 0.25) is 5.02 Å². The minimum absolute atomic E-state index is 0.149. The standard InChI is InChI=1S/C21H22ClNO4S/c1-15-4-8-17(9-5-15)23(18-12-13-28(25,26)14-18)20(24)21(2,3)27-19-10-6-16(22)7-11-19/h4-13,18H,14H2,1-3H3/t18-/m1/s1. The first-order valence-electron chi connectivity index (χ1n) is 8.83. The molecule has 1 heterocycles. The molecule has 0 fully saturated rings. The van der Waals surface area contributed by atoms with Gasteiger partial charge in [0.2, 0.25) is 0 Å². The molecule has 148 valence electrons. The van der Waals surface area contributed by atoms with E-state index in [9.17, 15) is 13.2 Å². The van der Waals surface area contributed by atoms with Gasteiger partial charge < -0.3 is 9.64 Å². The third-order valence-electron chi connectivity index (χ3n) is 4.48. The highest BCUT2D eigenvalue weighted by Gasteiger charge is 2.40. The Kier molecular flexibility index (Phi) is 5.55. The number of amides is 1. The van der Waals surface area contributed by atoms with Gasteiger partial charge in [0, 0.05) is 16.1 Å². The molecule has 28 heavy (non-hydrogen) atoms. The molecule has 7 heteroatoms. The van der Waals surface area contributed by atoms with Gasteiger partial charge >= 0.3 is 0 Å². The Morgan fingerprint density at radius 2 is 1.71 bits per heavy atom. The predicted octanol–water partition coefficient (Wildman–Crippen LogP) is 4.15. The monoisotopic (exact) mass is 419 g/mol. The summed E-state index contributed by atoms with van der Waals surface area (Å²) >= 11 is 5.91. The first-order chi connectivity index (χ1) is 13.1. The van der Waals surface area contributed by atoms with Crippen molar-refractivity contribution in [3.05, 3.63) is 70.6 Å². The van der Waals surface area contributed by atoms with Crippen molar-refractivity contribution >= 4 is 33.0 Å². The van der Waals surface area contributed by atoms with E-state index in [1.807, 2.05) is 31.2 Å². The largest absolute Gasteiger partial charge is 0.478 e.